The van der Waals surface area contributed by atoms with Crippen molar-refractivity contribution in [2.75, 3.05) is 0 Å². The van der Waals surface area contributed by atoms with Gasteiger partial charge in [-0.3, -0.25) is 9.59 Å². The summed E-state index contributed by atoms with van der Waals surface area (Å²) in [6.07, 6.45) is 5.00. The van der Waals surface area contributed by atoms with Crippen molar-refractivity contribution < 1.29 is 14.3 Å². The molecule has 0 unspecified atom stereocenters. The summed E-state index contributed by atoms with van der Waals surface area (Å²) in [5.74, 6) is -0.677. The van der Waals surface area contributed by atoms with Crippen LogP contribution < -0.4 is 5.32 Å². The number of halogens is 1. The summed E-state index contributed by atoms with van der Waals surface area (Å²) in [5, 5.41) is 3.61. The Balaban J connectivity index is 1.65. The maximum atomic E-state index is 12.5. The SMILES string of the molecule is O=C1C[C@H](C(=O)NCc2ccc(Cl)cc2)C2(CCCCC2)O1. The zero-order chi connectivity index (χ0) is 15.6. The first kappa shape index (κ1) is 15.3. The molecular formula is C17H20ClNO3. The van der Waals surface area contributed by atoms with Gasteiger partial charge in [0.1, 0.15) is 5.60 Å². The molecule has 2 aliphatic rings. The highest BCUT2D eigenvalue weighted by atomic mass is 35.5. The predicted octanol–water partition coefficient (Wildman–Crippen LogP) is 3.22. The van der Waals surface area contributed by atoms with Crippen molar-refractivity contribution in [1.82, 2.24) is 5.32 Å². The van der Waals surface area contributed by atoms with Gasteiger partial charge < -0.3 is 10.1 Å². The van der Waals surface area contributed by atoms with Crippen LogP contribution in [0.15, 0.2) is 24.3 Å². The molecule has 1 spiro atoms. The second kappa shape index (κ2) is 6.29. The van der Waals surface area contributed by atoms with E-state index in [9.17, 15) is 9.59 Å². The average molecular weight is 322 g/mol. The number of ether oxygens (including phenoxy) is 1. The number of amides is 1. The predicted molar refractivity (Wildman–Crippen MR) is 83.3 cm³/mol. The van der Waals surface area contributed by atoms with Crippen molar-refractivity contribution in [3.63, 3.8) is 0 Å². The van der Waals surface area contributed by atoms with Gasteiger partial charge in [0.15, 0.2) is 0 Å². The lowest BCUT2D eigenvalue weighted by Crippen LogP contribution is -2.45. The first-order valence-electron chi connectivity index (χ1n) is 7.83. The van der Waals surface area contributed by atoms with Crippen LogP contribution in [0.5, 0.6) is 0 Å². The van der Waals surface area contributed by atoms with E-state index < -0.39 is 5.60 Å². The molecule has 2 fully saturated rings. The van der Waals surface area contributed by atoms with Crippen molar-refractivity contribution in [3.05, 3.63) is 34.9 Å². The van der Waals surface area contributed by atoms with E-state index in [4.69, 9.17) is 16.3 Å². The van der Waals surface area contributed by atoms with Crippen LogP contribution in [0.1, 0.15) is 44.1 Å². The molecule has 118 valence electrons. The first-order valence-corrected chi connectivity index (χ1v) is 8.21. The third kappa shape index (κ3) is 3.12. The van der Waals surface area contributed by atoms with Gasteiger partial charge >= 0.3 is 5.97 Å². The Labute approximate surface area is 135 Å². The zero-order valence-electron chi connectivity index (χ0n) is 12.4. The van der Waals surface area contributed by atoms with E-state index in [2.05, 4.69) is 5.32 Å². The molecule has 1 aliphatic carbocycles. The van der Waals surface area contributed by atoms with E-state index >= 15 is 0 Å². The number of rotatable bonds is 3. The van der Waals surface area contributed by atoms with Crippen LogP contribution in [0.3, 0.4) is 0 Å². The summed E-state index contributed by atoms with van der Waals surface area (Å²) >= 11 is 5.85. The number of benzene rings is 1. The van der Waals surface area contributed by atoms with Gasteiger partial charge in [-0.1, -0.05) is 30.2 Å². The fraction of sp³-hybridized carbons (Fsp3) is 0.529. The van der Waals surface area contributed by atoms with Crippen LogP contribution in [-0.4, -0.2) is 17.5 Å². The molecule has 1 saturated carbocycles. The molecule has 0 bridgehead atoms. The molecule has 5 heteroatoms. The minimum Gasteiger partial charge on any atom is -0.458 e. The molecule has 4 nitrogen and oxygen atoms in total. The number of hydrogen-bond donors (Lipinski definition) is 1. The maximum Gasteiger partial charge on any atom is 0.307 e. The van der Waals surface area contributed by atoms with Gasteiger partial charge in [0.2, 0.25) is 5.91 Å². The number of hydrogen-bond acceptors (Lipinski definition) is 3. The second-order valence-electron chi connectivity index (χ2n) is 6.20. The van der Waals surface area contributed by atoms with Crippen molar-refractivity contribution in [2.45, 2.75) is 50.7 Å². The minimum absolute atomic E-state index is 0.0808. The van der Waals surface area contributed by atoms with Crippen LogP contribution in [-0.2, 0) is 20.9 Å². The molecule has 1 aliphatic heterocycles. The molecular weight excluding hydrogens is 302 g/mol. The largest absolute Gasteiger partial charge is 0.458 e. The quantitative estimate of drug-likeness (QED) is 0.870. The Hall–Kier alpha value is -1.55. The highest BCUT2D eigenvalue weighted by molar-refractivity contribution is 6.30. The summed E-state index contributed by atoms with van der Waals surface area (Å²) in [6, 6.07) is 7.37. The second-order valence-corrected chi connectivity index (χ2v) is 6.64. The fourth-order valence-electron chi connectivity index (χ4n) is 3.54. The van der Waals surface area contributed by atoms with Gasteiger partial charge in [0, 0.05) is 11.6 Å². The summed E-state index contributed by atoms with van der Waals surface area (Å²) < 4.78 is 5.57. The number of carbonyl (C=O) groups is 2. The molecule has 1 atom stereocenters. The van der Waals surface area contributed by atoms with Gasteiger partial charge in [0.25, 0.3) is 0 Å². The monoisotopic (exact) mass is 321 g/mol. The summed E-state index contributed by atoms with van der Waals surface area (Å²) in [4.78, 5) is 24.3. The van der Waals surface area contributed by atoms with Crippen molar-refractivity contribution in [2.24, 2.45) is 5.92 Å². The standard InChI is InChI=1S/C17H20ClNO3/c18-13-6-4-12(5-7-13)11-19-16(21)14-10-15(20)22-17(14)8-2-1-3-9-17/h4-7,14H,1-3,8-11H2,(H,19,21)/t14-/m1/s1. The Morgan fingerprint density at radius 1 is 1.23 bits per heavy atom. The van der Waals surface area contributed by atoms with Crippen molar-refractivity contribution >= 4 is 23.5 Å². The van der Waals surface area contributed by atoms with Crippen LogP contribution in [0.2, 0.25) is 5.02 Å². The lowest BCUT2D eigenvalue weighted by Gasteiger charge is -2.36. The molecule has 1 aromatic rings. The molecule has 22 heavy (non-hydrogen) atoms. The molecule has 3 rings (SSSR count). The average Bonchev–Trinajstić information content (AvgIpc) is 2.83. The lowest BCUT2D eigenvalue weighted by molar-refractivity contribution is -0.153. The Kier molecular flexibility index (Phi) is 4.39. The fourth-order valence-corrected chi connectivity index (χ4v) is 3.67. The van der Waals surface area contributed by atoms with E-state index in [0.717, 1.165) is 37.7 Å². The van der Waals surface area contributed by atoms with Crippen molar-refractivity contribution in [1.29, 1.82) is 0 Å². The molecule has 1 amide bonds. The van der Waals surface area contributed by atoms with E-state index in [1.54, 1.807) is 12.1 Å². The summed E-state index contributed by atoms with van der Waals surface area (Å²) in [7, 11) is 0. The zero-order valence-corrected chi connectivity index (χ0v) is 13.2. The molecule has 1 heterocycles. The highest BCUT2D eigenvalue weighted by Crippen LogP contribution is 2.44. The molecule has 1 saturated heterocycles. The molecule has 0 radical (unpaired) electrons. The molecule has 1 N–H and O–H groups in total. The topological polar surface area (TPSA) is 55.4 Å². The summed E-state index contributed by atoms with van der Waals surface area (Å²) in [6.45, 7) is 0.441. The number of esters is 1. The molecule has 1 aromatic carbocycles. The number of nitrogens with one attached hydrogen (secondary N) is 1. The van der Waals surface area contributed by atoms with Gasteiger partial charge in [-0.05, 0) is 43.4 Å². The smallest absolute Gasteiger partial charge is 0.307 e. The van der Waals surface area contributed by atoms with Crippen LogP contribution >= 0.6 is 11.6 Å². The van der Waals surface area contributed by atoms with E-state index in [0.29, 0.717) is 11.6 Å². The van der Waals surface area contributed by atoms with E-state index in [1.807, 2.05) is 12.1 Å². The Morgan fingerprint density at radius 3 is 2.59 bits per heavy atom. The van der Waals surface area contributed by atoms with Gasteiger partial charge in [-0.25, -0.2) is 0 Å². The lowest BCUT2D eigenvalue weighted by atomic mass is 9.75. The van der Waals surface area contributed by atoms with E-state index in [-0.39, 0.29) is 24.2 Å². The van der Waals surface area contributed by atoms with Gasteiger partial charge in [-0.2, -0.15) is 0 Å². The van der Waals surface area contributed by atoms with E-state index in [1.165, 1.54) is 0 Å². The van der Waals surface area contributed by atoms with Crippen LogP contribution in [0.4, 0.5) is 0 Å². The van der Waals surface area contributed by atoms with Gasteiger partial charge in [0.05, 0.1) is 12.3 Å². The Bertz CT molecular complexity index is 564. The number of carbonyl (C=O) groups excluding carboxylic acids is 2. The normalized spacial score (nSPS) is 23.3. The highest BCUT2D eigenvalue weighted by Gasteiger charge is 2.52. The maximum absolute atomic E-state index is 12.5. The third-order valence-corrected chi connectivity index (χ3v) is 4.97. The minimum atomic E-state index is -0.556. The summed E-state index contributed by atoms with van der Waals surface area (Å²) in [5.41, 5.74) is 0.431. The molecule has 0 aromatic heterocycles. The van der Waals surface area contributed by atoms with Gasteiger partial charge in [-0.15, -0.1) is 0 Å². The Morgan fingerprint density at radius 2 is 1.91 bits per heavy atom. The van der Waals surface area contributed by atoms with Crippen LogP contribution in [0.25, 0.3) is 0 Å². The van der Waals surface area contributed by atoms with Crippen LogP contribution in [0, 0.1) is 5.92 Å². The first-order chi connectivity index (χ1) is 10.6. The van der Waals surface area contributed by atoms with Crippen molar-refractivity contribution in [3.8, 4) is 0 Å². The third-order valence-electron chi connectivity index (χ3n) is 4.72.